The van der Waals surface area contributed by atoms with Gasteiger partial charge in [-0.3, -0.25) is 63.6 Å². The molecule has 0 radical (unpaired) electrons. The molecule has 1 unspecified atom stereocenters. The first-order valence-electron chi connectivity index (χ1n) is 47.4. The Balaban J connectivity index is 0.000000215. The number of likely N-dealkylation sites (tertiary alicyclic amines) is 5. The molecule has 10 aliphatic heterocycles. The lowest BCUT2D eigenvalue weighted by atomic mass is 9.96. The van der Waals surface area contributed by atoms with E-state index in [9.17, 15) is 9.59 Å². The molecular formula is C94H192N18O3. The number of ether oxygens (including phenoxy) is 1. The number of hydrogen-bond acceptors (Lipinski definition) is 19. The standard InChI is InChI=1S/C17H35N3.C16H31N3O2.C16H31N3.C16H33N3.C15H33N3O.C14H29N3/c1-16(2,3)19-9-7-15(8-10-19)18-11-13-20(14-12-18)17(4,5)6;1-16(2,3)19-10-6-14(7-11-19)21-15(20)18-9-5-8-17(4)12-13-18;1-16(2,3)19-8-6-15(7-9-19)18-12-10-17(11-13-18)14-4-5-14;1-14(2)17-10-12-18(13-11-17)15-6-8-19(9-7-15)16(3,4)5;1-13(9-10-18(8)15(3,4)5)16(6)11-12-17(7)14(2)19;1-14(2,3)17-7-5-13(6-8-17)16-11-9-15(4)10-12-16/h15H,7-14H2,1-6H3;14H,5-13H2,1-4H3;14-15H,4-13H2,1-3H3;14-15H,6-13H2,1-5H3;13H,9-12H2,1-8H3;13H,5-12H2,1-4H3. The highest BCUT2D eigenvalue weighted by molar-refractivity contribution is 5.72. The van der Waals surface area contributed by atoms with Gasteiger partial charge in [-0.05, 0) is 297 Å². The third-order valence-corrected chi connectivity index (χ3v) is 28.8. The second-order valence-electron chi connectivity index (χ2n) is 44.6. The first kappa shape index (κ1) is 102. The Labute approximate surface area is 712 Å². The van der Waals surface area contributed by atoms with Gasteiger partial charge in [0.1, 0.15) is 6.10 Å². The van der Waals surface area contributed by atoms with Crippen molar-refractivity contribution in [1.82, 2.24) is 88.2 Å². The minimum absolute atomic E-state index is 0.0945. The number of nitrogens with zero attached hydrogens (tertiary/aromatic N) is 18. The molecule has 0 bridgehead atoms. The van der Waals surface area contributed by atoms with Gasteiger partial charge < -0.3 is 34.1 Å². The molecule has 0 spiro atoms. The summed E-state index contributed by atoms with van der Waals surface area (Å²) in [7, 11) is 10.5. The number of carbonyl (C=O) groups excluding carboxylic acids is 2. The van der Waals surface area contributed by atoms with Crippen molar-refractivity contribution in [2.24, 2.45) is 0 Å². The van der Waals surface area contributed by atoms with E-state index in [1.54, 1.807) is 11.8 Å². The summed E-state index contributed by atoms with van der Waals surface area (Å²) in [6.45, 7) is 96.2. The van der Waals surface area contributed by atoms with Crippen LogP contribution in [0.5, 0.6) is 0 Å². The van der Waals surface area contributed by atoms with Gasteiger partial charge in [-0.1, -0.05) is 0 Å². The van der Waals surface area contributed by atoms with Gasteiger partial charge in [0.25, 0.3) is 0 Å². The molecule has 1 atom stereocenters. The van der Waals surface area contributed by atoms with Crippen molar-refractivity contribution >= 4 is 12.0 Å². The second-order valence-corrected chi connectivity index (χ2v) is 44.6. The van der Waals surface area contributed by atoms with E-state index < -0.39 is 0 Å². The number of rotatable bonds is 14. The zero-order valence-corrected chi connectivity index (χ0v) is 81.6. The maximum atomic E-state index is 12.3. The molecule has 10 saturated heterocycles. The Kier molecular flexibility index (Phi) is 41.4. The third kappa shape index (κ3) is 36.1. The molecular weight excluding hydrogens is 1430 g/mol. The van der Waals surface area contributed by atoms with Crippen LogP contribution in [-0.2, 0) is 9.53 Å². The van der Waals surface area contributed by atoms with E-state index >= 15 is 0 Å². The Morgan fingerprint density at radius 3 is 0.939 bits per heavy atom. The smallest absolute Gasteiger partial charge is 0.410 e. The lowest BCUT2D eigenvalue weighted by molar-refractivity contribution is -0.127. The van der Waals surface area contributed by atoms with Gasteiger partial charge in [0, 0.05) is 298 Å². The van der Waals surface area contributed by atoms with Gasteiger partial charge in [0.2, 0.25) is 5.91 Å². The summed E-state index contributed by atoms with van der Waals surface area (Å²) in [6, 6.07) is 5.59. The van der Waals surface area contributed by atoms with Crippen LogP contribution < -0.4 is 0 Å². The van der Waals surface area contributed by atoms with Gasteiger partial charge >= 0.3 is 6.09 Å². The summed E-state index contributed by atoms with van der Waals surface area (Å²) in [6.07, 6.45) is 17.9. The Bertz CT molecular complexity index is 2550. The molecule has 21 heteroatoms. The Morgan fingerprint density at radius 1 is 0.339 bits per heavy atom. The van der Waals surface area contributed by atoms with E-state index in [-0.39, 0.29) is 29.2 Å². The Hall–Kier alpha value is -1.90. The minimum Gasteiger partial charge on any atom is -0.446 e. The zero-order chi connectivity index (χ0) is 85.6. The molecule has 0 aromatic heterocycles. The van der Waals surface area contributed by atoms with Crippen molar-refractivity contribution in [2.45, 2.75) is 350 Å². The maximum absolute atomic E-state index is 12.3. The van der Waals surface area contributed by atoms with E-state index in [2.05, 4.69) is 273 Å². The number of likely N-dealkylation sites (N-methyl/N-ethyl adjacent to an activating group) is 4. The largest absolute Gasteiger partial charge is 0.446 e. The van der Waals surface area contributed by atoms with Gasteiger partial charge in [-0.25, -0.2) is 4.79 Å². The number of piperazine rings is 4. The van der Waals surface area contributed by atoms with E-state index in [1.807, 2.05) is 11.9 Å². The van der Waals surface area contributed by atoms with Crippen LogP contribution >= 0.6 is 0 Å². The summed E-state index contributed by atoms with van der Waals surface area (Å²) < 4.78 is 5.72. The quantitative estimate of drug-likeness (QED) is 0.165. The van der Waals surface area contributed by atoms with E-state index in [0.717, 1.165) is 115 Å². The maximum Gasteiger partial charge on any atom is 0.410 e. The van der Waals surface area contributed by atoms with Crippen LogP contribution in [0.4, 0.5) is 4.79 Å². The lowest BCUT2D eigenvalue weighted by Gasteiger charge is -2.48. The molecule has 0 aromatic rings. The van der Waals surface area contributed by atoms with E-state index in [0.29, 0.717) is 39.8 Å². The van der Waals surface area contributed by atoms with Crippen molar-refractivity contribution in [3.63, 3.8) is 0 Å². The monoisotopic (exact) mass is 1620 g/mol. The summed E-state index contributed by atoms with van der Waals surface area (Å²) in [5.74, 6) is 0.133. The van der Waals surface area contributed by atoms with Gasteiger partial charge in [0.05, 0.1) is 0 Å². The van der Waals surface area contributed by atoms with Crippen molar-refractivity contribution < 1.29 is 14.3 Å². The molecule has 676 valence electrons. The predicted molar refractivity (Wildman–Crippen MR) is 491 cm³/mol. The molecule has 11 fully saturated rings. The van der Waals surface area contributed by atoms with Crippen molar-refractivity contribution in [2.75, 3.05) is 251 Å². The number of carbonyl (C=O) groups is 2. The van der Waals surface area contributed by atoms with Gasteiger partial charge in [-0.15, -0.1) is 0 Å². The molecule has 2 amide bonds. The average molecular weight is 1620 g/mol. The molecule has 11 rings (SSSR count). The zero-order valence-electron chi connectivity index (χ0n) is 81.6. The molecule has 0 aromatic carbocycles. The fraction of sp³-hybridized carbons (Fsp3) is 0.979. The average Bonchev–Trinajstić information content (AvgIpc) is 1.33. The summed E-state index contributed by atoms with van der Waals surface area (Å²) in [5.41, 5.74) is 2.18. The molecule has 0 N–H and O–H groups in total. The van der Waals surface area contributed by atoms with Gasteiger partial charge in [-0.2, -0.15) is 0 Å². The molecule has 21 nitrogen and oxygen atoms in total. The molecule has 115 heavy (non-hydrogen) atoms. The van der Waals surface area contributed by atoms with Crippen LogP contribution in [0.3, 0.4) is 0 Å². The summed E-state index contributed by atoms with van der Waals surface area (Å²) in [5, 5.41) is 0. The molecule has 1 saturated carbocycles. The van der Waals surface area contributed by atoms with Gasteiger partial charge in [0.15, 0.2) is 0 Å². The van der Waals surface area contributed by atoms with Crippen LogP contribution in [0.25, 0.3) is 0 Å². The highest BCUT2D eigenvalue weighted by Gasteiger charge is 2.39. The molecule has 10 heterocycles. The molecule has 1 aliphatic carbocycles. The number of hydrogen-bond donors (Lipinski definition) is 0. The van der Waals surface area contributed by atoms with Crippen molar-refractivity contribution in [1.29, 1.82) is 0 Å². The van der Waals surface area contributed by atoms with Crippen LogP contribution in [0.2, 0.25) is 0 Å². The highest BCUT2D eigenvalue weighted by Crippen LogP contribution is 2.32. The number of piperidine rings is 5. The summed E-state index contributed by atoms with van der Waals surface area (Å²) >= 11 is 0. The molecule has 11 aliphatic rings. The van der Waals surface area contributed by atoms with Crippen LogP contribution in [-0.4, -0.2) is 439 Å². The number of amides is 2. The van der Waals surface area contributed by atoms with E-state index in [4.69, 9.17) is 4.74 Å². The van der Waals surface area contributed by atoms with Crippen LogP contribution in [0, 0.1) is 0 Å². The summed E-state index contributed by atoms with van der Waals surface area (Å²) in [4.78, 5) is 68.5. The van der Waals surface area contributed by atoms with Crippen molar-refractivity contribution in [3.8, 4) is 0 Å². The van der Waals surface area contributed by atoms with Crippen molar-refractivity contribution in [3.05, 3.63) is 0 Å². The highest BCUT2D eigenvalue weighted by atomic mass is 16.6. The topological polar surface area (TPSA) is 102 Å². The minimum atomic E-state index is -0.112. The van der Waals surface area contributed by atoms with Crippen LogP contribution in [0.15, 0.2) is 0 Å². The second kappa shape index (κ2) is 46.7. The first-order chi connectivity index (χ1) is 53.5. The first-order valence-corrected chi connectivity index (χ1v) is 47.4. The SMILES string of the molecule is CC(=O)N(C)CCN(C)C(C)CCN(C)C(C)(C)C.CC(C)(C)N1CCC(N2CCN(C(C)(C)C)CC2)CC1.CC(C)(C)N1CCC(N2CCN(C3CC3)CC2)CC1.CC(C)N1CCN(C2CCN(C(C)(C)C)CC2)CC1.CN1CCCN(C(=O)OC2CCN(C(C)(C)C)CC2)CC1.CN1CCN(C2CCN(C(C)(C)C)CC2)CC1. The van der Waals surface area contributed by atoms with E-state index in [1.165, 1.54) is 221 Å². The fourth-order valence-electron chi connectivity index (χ4n) is 18.8. The Morgan fingerprint density at radius 2 is 0.626 bits per heavy atom. The third-order valence-electron chi connectivity index (χ3n) is 28.8. The lowest BCUT2D eigenvalue weighted by Crippen LogP contribution is -2.58. The van der Waals surface area contributed by atoms with Crippen LogP contribution in [0.1, 0.15) is 263 Å². The fourth-order valence-corrected chi connectivity index (χ4v) is 18.8. The normalized spacial score (nSPS) is 24.5. The predicted octanol–water partition coefficient (Wildman–Crippen LogP) is 12.4.